The highest BCUT2D eigenvalue weighted by Gasteiger charge is 2.09. The molecule has 0 bridgehead atoms. The summed E-state index contributed by atoms with van der Waals surface area (Å²) in [6, 6.07) is 22.2. The van der Waals surface area contributed by atoms with Crippen molar-refractivity contribution in [1.29, 1.82) is 0 Å². The Hall–Kier alpha value is -3.47. The minimum atomic E-state index is -0.410. The maximum absolute atomic E-state index is 12.5. The van der Waals surface area contributed by atoms with Crippen molar-refractivity contribution in [3.63, 3.8) is 0 Å². The van der Waals surface area contributed by atoms with Crippen molar-refractivity contribution in [3.8, 4) is 11.5 Å². The van der Waals surface area contributed by atoms with E-state index in [1.807, 2.05) is 24.3 Å². The van der Waals surface area contributed by atoms with Crippen LogP contribution >= 0.6 is 0 Å². The van der Waals surface area contributed by atoms with E-state index in [-0.39, 0.29) is 0 Å². The molecule has 0 aromatic heterocycles. The van der Waals surface area contributed by atoms with Crippen LogP contribution in [0.25, 0.3) is 0 Å². The number of unbranched alkanes of at least 4 members (excludes halogenated alkanes) is 4. The summed E-state index contributed by atoms with van der Waals surface area (Å²) in [4.78, 5) is 12.5. The molecule has 0 heterocycles. The molecule has 3 rings (SSSR count). The van der Waals surface area contributed by atoms with Crippen molar-refractivity contribution in [2.75, 3.05) is 6.61 Å². The van der Waals surface area contributed by atoms with Gasteiger partial charge in [0.15, 0.2) is 0 Å². The third-order valence-electron chi connectivity index (χ3n) is 6.01. The van der Waals surface area contributed by atoms with Crippen LogP contribution in [0.1, 0.15) is 81.1 Å². The zero-order valence-corrected chi connectivity index (χ0v) is 21.1. The van der Waals surface area contributed by atoms with Crippen LogP contribution < -0.4 is 9.47 Å². The van der Waals surface area contributed by atoms with Crippen LogP contribution in [0, 0.1) is 0 Å². The van der Waals surface area contributed by atoms with E-state index in [1.54, 1.807) is 36.4 Å². The molecule has 0 aliphatic carbocycles. The fourth-order valence-corrected chi connectivity index (χ4v) is 3.55. The van der Waals surface area contributed by atoms with E-state index in [1.165, 1.54) is 31.2 Å². The molecule has 0 saturated heterocycles. The predicted molar refractivity (Wildman–Crippen MR) is 141 cm³/mol. The molecule has 0 N–H and O–H groups in total. The molecule has 0 amide bonds. The van der Waals surface area contributed by atoms with Crippen LogP contribution in [0.5, 0.6) is 11.5 Å². The number of hydrogen-bond acceptors (Lipinski definition) is 5. The van der Waals surface area contributed by atoms with E-state index in [0.717, 1.165) is 24.3 Å². The SMILES string of the molecule is CCCCCCCOc1ccc(C(=O)Oc2ccc(N=Nc3ccc([C@@H](C)CC)cc3)cc2)cc1. The van der Waals surface area contributed by atoms with E-state index < -0.39 is 5.97 Å². The largest absolute Gasteiger partial charge is 0.494 e. The lowest BCUT2D eigenvalue weighted by Gasteiger charge is -2.08. The van der Waals surface area contributed by atoms with Gasteiger partial charge in [-0.15, -0.1) is 0 Å². The Morgan fingerprint density at radius 2 is 1.31 bits per heavy atom. The first-order valence-electron chi connectivity index (χ1n) is 12.7. The lowest BCUT2D eigenvalue weighted by atomic mass is 9.99. The average molecular weight is 473 g/mol. The van der Waals surface area contributed by atoms with Gasteiger partial charge < -0.3 is 9.47 Å². The summed E-state index contributed by atoms with van der Waals surface area (Å²) >= 11 is 0. The van der Waals surface area contributed by atoms with Crippen molar-refractivity contribution in [2.24, 2.45) is 10.2 Å². The summed E-state index contributed by atoms with van der Waals surface area (Å²) in [5, 5.41) is 8.57. The highest BCUT2D eigenvalue weighted by Crippen LogP contribution is 2.25. The second kappa shape index (κ2) is 14.1. The van der Waals surface area contributed by atoms with Crippen molar-refractivity contribution < 1.29 is 14.3 Å². The number of carbonyl (C=O) groups excluding carboxylic acids is 1. The number of benzene rings is 3. The Morgan fingerprint density at radius 3 is 1.91 bits per heavy atom. The van der Waals surface area contributed by atoms with Gasteiger partial charge in [-0.05, 0) is 85.0 Å². The molecule has 0 fully saturated rings. The monoisotopic (exact) mass is 472 g/mol. The Bertz CT molecular complexity index is 1060. The number of nitrogens with zero attached hydrogens (tertiary/aromatic N) is 2. The summed E-state index contributed by atoms with van der Waals surface area (Å²) in [5.41, 5.74) is 3.27. The zero-order valence-electron chi connectivity index (χ0n) is 21.1. The Kier molecular flexibility index (Phi) is 10.5. The quantitative estimate of drug-likeness (QED) is 0.108. The number of hydrogen-bond donors (Lipinski definition) is 0. The van der Waals surface area contributed by atoms with Crippen LogP contribution in [0.4, 0.5) is 11.4 Å². The molecule has 0 spiro atoms. The fraction of sp³-hybridized carbons (Fsp3) is 0.367. The molecule has 0 aliphatic rings. The Labute approximate surface area is 209 Å². The van der Waals surface area contributed by atoms with Gasteiger partial charge in [0.2, 0.25) is 0 Å². The maximum atomic E-state index is 12.5. The first-order valence-corrected chi connectivity index (χ1v) is 12.7. The summed E-state index contributed by atoms with van der Waals surface area (Å²) in [7, 11) is 0. The summed E-state index contributed by atoms with van der Waals surface area (Å²) in [5.74, 6) is 1.35. The van der Waals surface area contributed by atoms with Gasteiger partial charge in [0.25, 0.3) is 0 Å². The van der Waals surface area contributed by atoms with Gasteiger partial charge in [-0.1, -0.05) is 58.6 Å². The number of azo groups is 1. The molecule has 184 valence electrons. The molecular formula is C30H36N2O3. The molecule has 0 radical (unpaired) electrons. The van der Waals surface area contributed by atoms with Crippen LogP contribution in [-0.2, 0) is 0 Å². The van der Waals surface area contributed by atoms with Crippen LogP contribution in [-0.4, -0.2) is 12.6 Å². The third-order valence-corrected chi connectivity index (χ3v) is 6.01. The van der Waals surface area contributed by atoms with E-state index in [9.17, 15) is 4.79 Å². The smallest absolute Gasteiger partial charge is 0.343 e. The number of ether oxygens (including phenoxy) is 2. The summed E-state index contributed by atoms with van der Waals surface area (Å²) in [6.45, 7) is 7.30. The zero-order chi connectivity index (χ0) is 24.9. The molecule has 0 aliphatic heterocycles. The molecule has 0 saturated carbocycles. The van der Waals surface area contributed by atoms with E-state index in [2.05, 4.69) is 43.1 Å². The first-order chi connectivity index (χ1) is 17.1. The lowest BCUT2D eigenvalue weighted by molar-refractivity contribution is 0.0734. The van der Waals surface area contributed by atoms with Crippen molar-refractivity contribution in [1.82, 2.24) is 0 Å². The third kappa shape index (κ3) is 8.67. The summed E-state index contributed by atoms with van der Waals surface area (Å²) < 4.78 is 11.2. The second-order valence-electron chi connectivity index (χ2n) is 8.77. The standard InChI is InChI=1S/C30H36N2O3/c1-4-6-7-8-9-22-34-28-18-12-25(13-19-28)30(33)35-29-20-16-27(17-21-29)32-31-26-14-10-24(11-15-26)23(3)5-2/h10-21,23H,4-9,22H2,1-3H3/t23-/m0/s1. The Morgan fingerprint density at radius 1 is 0.743 bits per heavy atom. The average Bonchev–Trinajstić information content (AvgIpc) is 2.90. The van der Waals surface area contributed by atoms with E-state index in [0.29, 0.717) is 29.5 Å². The molecule has 3 aromatic rings. The van der Waals surface area contributed by atoms with E-state index in [4.69, 9.17) is 9.47 Å². The number of rotatable bonds is 13. The lowest BCUT2D eigenvalue weighted by Crippen LogP contribution is -2.08. The molecule has 0 unspecified atom stereocenters. The normalized spacial score (nSPS) is 12.0. The minimum Gasteiger partial charge on any atom is -0.494 e. The fourth-order valence-electron chi connectivity index (χ4n) is 3.55. The second-order valence-corrected chi connectivity index (χ2v) is 8.77. The Balaban J connectivity index is 1.47. The molecule has 5 nitrogen and oxygen atoms in total. The molecule has 5 heteroatoms. The van der Waals surface area contributed by atoms with Crippen molar-refractivity contribution in [2.45, 2.75) is 65.2 Å². The highest BCUT2D eigenvalue weighted by atomic mass is 16.5. The van der Waals surface area contributed by atoms with Gasteiger partial charge in [-0.2, -0.15) is 10.2 Å². The predicted octanol–water partition coefficient (Wildman–Crippen LogP) is 9.18. The number of carbonyl (C=O) groups is 1. The molecule has 35 heavy (non-hydrogen) atoms. The molecular weight excluding hydrogens is 436 g/mol. The number of esters is 1. The van der Waals surface area contributed by atoms with Crippen molar-refractivity contribution >= 4 is 17.3 Å². The van der Waals surface area contributed by atoms with Crippen molar-refractivity contribution in [3.05, 3.63) is 83.9 Å². The van der Waals surface area contributed by atoms with Gasteiger partial charge in [-0.25, -0.2) is 4.79 Å². The van der Waals surface area contributed by atoms with Gasteiger partial charge in [-0.3, -0.25) is 0 Å². The maximum Gasteiger partial charge on any atom is 0.343 e. The van der Waals surface area contributed by atoms with Gasteiger partial charge >= 0.3 is 5.97 Å². The van der Waals surface area contributed by atoms with Crippen LogP contribution in [0.2, 0.25) is 0 Å². The van der Waals surface area contributed by atoms with Crippen LogP contribution in [0.3, 0.4) is 0 Å². The van der Waals surface area contributed by atoms with Crippen LogP contribution in [0.15, 0.2) is 83.0 Å². The first kappa shape index (κ1) is 26.1. The molecule has 1 atom stereocenters. The molecule has 3 aromatic carbocycles. The highest BCUT2D eigenvalue weighted by molar-refractivity contribution is 5.91. The van der Waals surface area contributed by atoms with Gasteiger partial charge in [0.05, 0.1) is 23.5 Å². The van der Waals surface area contributed by atoms with E-state index >= 15 is 0 Å². The topological polar surface area (TPSA) is 60.2 Å². The summed E-state index contributed by atoms with van der Waals surface area (Å²) in [6.07, 6.45) is 7.10. The van der Waals surface area contributed by atoms with Gasteiger partial charge in [0, 0.05) is 0 Å². The van der Waals surface area contributed by atoms with Gasteiger partial charge in [0.1, 0.15) is 11.5 Å². The minimum absolute atomic E-state index is 0.410.